The summed E-state index contributed by atoms with van der Waals surface area (Å²) in [4.78, 5) is 14.9. The fourth-order valence-corrected chi connectivity index (χ4v) is 4.17. The zero-order valence-corrected chi connectivity index (χ0v) is 12.3. The first-order valence-electron chi connectivity index (χ1n) is 8.19. The Morgan fingerprint density at radius 3 is 2.81 bits per heavy atom. The molecule has 3 aliphatic rings. The van der Waals surface area contributed by atoms with Crippen LogP contribution in [0, 0.1) is 5.92 Å². The number of hydrogen-bond acceptors (Lipinski definition) is 3. The van der Waals surface area contributed by atoms with E-state index < -0.39 is 0 Å². The fourth-order valence-electron chi connectivity index (χ4n) is 4.17. The Morgan fingerprint density at radius 1 is 1.10 bits per heavy atom. The van der Waals surface area contributed by atoms with E-state index in [4.69, 9.17) is 0 Å². The first-order valence-corrected chi connectivity index (χ1v) is 8.19. The molecule has 1 saturated heterocycles. The SMILES string of the molecule is O=C(C1NNC2CCCCC21)N1CCc2ccccc2C1. The molecule has 0 bridgehead atoms. The summed E-state index contributed by atoms with van der Waals surface area (Å²) in [5, 5.41) is 0. The van der Waals surface area contributed by atoms with Gasteiger partial charge < -0.3 is 4.90 Å². The number of fused-ring (bicyclic) bond motifs is 2. The molecule has 21 heavy (non-hydrogen) atoms. The lowest BCUT2D eigenvalue weighted by atomic mass is 9.81. The van der Waals surface area contributed by atoms with Crippen molar-refractivity contribution in [2.24, 2.45) is 5.92 Å². The summed E-state index contributed by atoms with van der Waals surface area (Å²) in [6, 6.07) is 8.96. The van der Waals surface area contributed by atoms with E-state index in [-0.39, 0.29) is 11.9 Å². The highest BCUT2D eigenvalue weighted by molar-refractivity contribution is 5.83. The van der Waals surface area contributed by atoms with Gasteiger partial charge in [-0.2, -0.15) is 0 Å². The molecule has 4 heteroatoms. The number of carbonyl (C=O) groups is 1. The van der Waals surface area contributed by atoms with Gasteiger partial charge in [-0.05, 0) is 30.4 Å². The van der Waals surface area contributed by atoms with Gasteiger partial charge in [0.05, 0.1) is 0 Å². The number of carbonyl (C=O) groups excluding carboxylic acids is 1. The van der Waals surface area contributed by atoms with Gasteiger partial charge in [0.2, 0.25) is 5.91 Å². The molecule has 2 aliphatic heterocycles. The minimum Gasteiger partial charge on any atom is -0.337 e. The van der Waals surface area contributed by atoms with Crippen LogP contribution in [0.2, 0.25) is 0 Å². The van der Waals surface area contributed by atoms with Gasteiger partial charge in [-0.25, -0.2) is 5.43 Å². The van der Waals surface area contributed by atoms with Crippen molar-refractivity contribution in [2.45, 2.75) is 50.7 Å². The van der Waals surface area contributed by atoms with Gasteiger partial charge in [-0.3, -0.25) is 10.2 Å². The molecule has 0 radical (unpaired) electrons. The van der Waals surface area contributed by atoms with Crippen LogP contribution in [0.15, 0.2) is 24.3 Å². The zero-order valence-electron chi connectivity index (χ0n) is 12.3. The topological polar surface area (TPSA) is 44.4 Å². The molecule has 3 atom stereocenters. The van der Waals surface area contributed by atoms with E-state index in [1.807, 2.05) is 4.90 Å². The Bertz CT molecular complexity index is 545. The van der Waals surface area contributed by atoms with Crippen molar-refractivity contribution < 1.29 is 4.79 Å². The molecule has 112 valence electrons. The Hall–Kier alpha value is -1.39. The van der Waals surface area contributed by atoms with E-state index in [0.717, 1.165) is 19.5 Å². The lowest BCUT2D eigenvalue weighted by Crippen LogP contribution is -2.49. The maximum atomic E-state index is 12.9. The normalized spacial score (nSPS) is 31.6. The second kappa shape index (κ2) is 5.43. The van der Waals surface area contributed by atoms with Crippen molar-refractivity contribution in [2.75, 3.05) is 6.54 Å². The molecule has 3 unspecified atom stereocenters. The van der Waals surface area contributed by atoms with Crippen LogP contribution in [-0.2, 0) is 17.8 Å². The summed E-state index contributed by atoms with van der Waals surface area (Å²) in [6.45, 7) is 1.62. The highest BCUT2D eigenvalue weighted by atomic mass is 16.2. The monoisotopic (exact) mass is 285 g/mol. The largest absolute Gasteiger partial charge is 0.337 e. The Kier molecular flexibility index (Phi) is 3.43. The standard InChI is InChI=1S/C17H23N3O/c21-17(16-14-7-3-4-8-15(14)18-19-16)20-10-9-12-5-1-2-6-13(12)11-20/h1-2,5-6,14-16,18-19H,3-4,7-11H2. The van der Waals surface area contributed by atoms with Gasteiger partial charge in [-0.1, -0.05) is 37.1 Å². The van der Waals surface area contributed by atoms with Gasteiger partial charge >= 0.3 is 0 Å². The molecule has 1 aromatic rings. The molecular formula is C17H23N3O. The number of nitrogens with zero attached hydrogens (tertiary/aromatic N) is 1. The average molecular weight is 285 g/mol. The number of hydrazine groups is 1. The maximum absolute atomic E-state index is 12.9. The van der Waals surface area contributed by atoms with Crippen molar-refractivity contribution in [3.05, 3.63) is 35.4 Å². The molecule has 4 rings (SSSR count). The summed E-state index contributed by atoms with van der Waals surface area (Å²) in [5.41, 5.74) is 9.34. The Labute approximate surface area is 125 Å². The van der Waals surface area contributed by atoms with E-state index in [2.05, 4.69) is 35.1 Å². The molecule has 1 saturated carbocycles. The molecule has 1 amide bonds. The molecule has 0 aromatic heterocycles. The van der Waals surface area contributed by atoms with Crippen LogP contribution < -0.4 is 10.9 Å². The van der Waals surface area contributed by atoms with Crippen molar-refractivity contribution in [1.29, 1.82) is 0 Å². The number of hydrogen-bond donors (Lipinski definition) is 2. The Balaban J connectivity index is 1.49. The third-order valence-electron chi connectivity index (χ3n) is 5.38. The second-order valence-electron chi connectivity index (χ2n) is 6.60. The van der Waals surface area contributed by atoms with E-state index >= 15 is 0 Å². The van der Waals surface area contributed by atoms with Crippen LogP contribution in [0.5, 0.6) is 0 Å². The quantitative estimate of drug-likeness (QED) is 0.824. The van der Waals surface area contributed by atoms with Crippen molar-refractivity contribution >= 4 is 5.91 Å². The van der Waals surface area contributed by atoms with Crippen LogP contribution in [0.4, 0.5) is 0 Å². The molecule has 1 aliphatic carbocycles. The van der Waals surface area contributed by atoms with E-state index in [9.17, 15) is 4.79 Å². The number of rotatable bonds is 1. The first-order chi connectivity index (χ1) is 10.3. The molecule has 2 heterocycles. The predicted octanol–water partition coefficient (Wildman–Crippen LogP) is 1.61. The van der Waals surface area contributed by atoms with Crippen molar-refractivity contribution in [1.82, 2.24) is 15.8 Å². The van der Waals surface area contributed by atoms with Crippen LogP contribution in [0.1, 0.15) is 36.8 Å². The Morgan fingerprint density at radius 2 is 1.90 bits per heavy atom. The summed E-state index contributed by atoms with van der Waals surface area (Å²) < 4.78 is 0. The van der Waals surface area contributed by atoms with E-state index in [1.165, 1.54) is 36.8 Å². The van der Waals surface area contributed by atoms with Crippen LogP contribution in [0.3, 0.4) is 0 Å². The number of benzene rings is 1. The molecule has 0 spiro atoms. The summed E-state index contributed by atoms with van der Waals surface area (Å²) >= 11 is 0. The highest BCUT2D eigenvalue weighted by Crippen LogP contribution is 2.31. The zero-order chi connectivity index (χ0) is 14.2. The predicted molar refractivity (Wildman–Crippen MR) is 81.4 cm³/mol. The summed E-state index contributed by atoms with van der Waals surface area (Å²) in [6.07, 6.45) is 5.90. The molecule has 2 N–H and O–H groups in total. The van der Waals surface area contributed by atoms with Gasteiger partial charge in [-0.15, -0.1) is 0 Å². The third kappa shape index (κ3) is 2.36. The van der Waals surface area contributed by atoms with Crippen LogP contribution >= 0.6 is 0 Å². The molecule has 4 nitrogen and oxygen atoms in total. The van der Waals surface area contributed by atoms with E-state index in [0.29, 0.717) is 12.0 Å². The minimum absolute atomic E-state index is 0.0273. The summed E-state index contributed by atoms with van der Waals surface area (Å²) in [7, 11) is 0. The van der Waals surface area contributed by atoms with Crippen molar-refractivity contribution in [3.63, 3.8) is 0 Å². The summed E-state index contributed by atoms with van der Waals surface area (Å²) in [5.74, 6) is 0.759. The second-order valence-corrected chi connectivity index (χ2v) is 6.60. The minimum atomic E-state index is -0.0273. The van der Waals surface area contributed by atoms with Gasteiger partial charge in [0.15, 0.2) is 0 Å². The average Bonchev–Trinajstić information content (AvgIpc) is 2.98. The van der Waals surface area contributed by atoms with Crippen LogP contribution in [-0.4, -0.2) is 29.4 Å². The first kappa shape index (κ1) is 13.3. The third-order valence-corrected chi connectivity index (χ3v) is 5.38. The lowest BCUT2D eigenvalue weighted by molar-refractivity contribution is -0.135. The molecule has 2 fully saturated rings. The fraction of sp³-hybridized carbons (Fsp3) is 0.588. The van der Waals surface area contributed by atoms with Gasteiger partial charge in [0.25, 0.3) is 0 Å². The maximum Gasteiger partial charge on any atom is 0.241 e. The molecular weight excluding hydrogens is 262 g/mol. The number of amides is 1. The van der Waals surface area contributed by atoms with Gasteiger partial charge in [0.1, 0.15) is 6.04 Å². The van der Waals surface area contributed by atoms with E-state index in [1.54, 1.807) is 0 Å². The lowest BCUT2D eigenvalue weighted by Gasteiger charge is -2.33. The van der Waals surface area contributed by atoms with Crippen LogP contribution in [0.25, 0.3) is 0 Å². The smallest absolute Gasteiger partial charge is 0.241 e. The van der Waals surface area contributed by atoms with Gasteiger partial charge in [0, 0.05) is 25.0 Å². The number of nitrogens with one attached hydrogen (secondary N) is 2. The molecule has 1 aromatic carbocycles. The van der Waals surface area contributed by atoms with Crippen molar-refractivity contribution in [3.8, 4) is 0 Å². The highest BCUT2D eigenvalue weighted by Gasteiger charge is 2.42.